The molecule has 0 aliphatic carbocycles. The molecule has 0 bridgehead atoms. The Morgan fingerprint density at radius 2 is 2.33 bits per heavy atom. The second-order valence-electron chi connectivity index (χ2n) is 4.39. The van der Waals surface area contributed by atoms with Crippen LogP contribution in [0.5, 0.6) is 0 Å². The highest BCUT2D eigenvalue weighted by molar-refractivity contribution is 6.20. The molecule has 2 atom stereocenters. The Kier molecular flexibility index (Phi) is 4.14. The van der Waals surface area contributed by atoms with Gasteiger partial charge in [-0.15, -0.1) is 11.6 Å². The lowest BCUT2D eigenvalue weighted by Crippen LogP contribution is -2.29. The molecule has 2 rings (SSSR count). The van der Waals surface area contributed by atoms with Gasteiger partial charge in [0.15, 0.2) is 0 Å². The summed E-state index contributed by atoms with van der Waals surface area (Å²) in [6.07, 6.45) is 1.35. The Labute approximate surface area is 109 Å². The van der Waals surface area contributed by atoms with Crippen LogP contribution in [0.2, 0.25) is 0 Å². The van der Waals surface area contributed by atoms with Crippen LogP contribution in [-0.4, -0.2) is 23.5 Å². The molecule has 1 aliphatic heterocycles. The van der Waals surface area contributed by atoms with Gasteiger partial charge in [0.25, 0.3) is 0 Å². The Hall–Kier alpha value is -1.20. The summed E-state index contributed by atoms with van der Waals surface area (Å²) in [5.41, 5.74) is 0.209. The summed E-state index contributed by atoms with van der Waals surface area (Å²) in [5, 5.41) is 10.5. The third-order valence-corrected chi connectivity index (χ3v) is 3.66. The summed E-state index contributed by atoms with van der Waals surface area (Å²) in [5.74, 6) is -0.679. The maximum absolute atomic E-state index is 13.4. The molecule has 0 aromatic heterocycles. The number of benzene rings is 1. The van der Waals surface area contributed by atoms with Crippen molar-refractivity contribution in [3.63, 3.8) is 0 Å². The lowest BCUT2D eigenvalue weighted by molar-refractivity contribution is -0.387. The molecule has 0 amide bonds. The van der Waals surface area contributed by atoms with Crippen LogP contribution < -0.4 is 0 Å². The van der Waals surface area contributed by atoms with Crippen molar-refractivity contribution in [2.75, 3.05) is 13.2 Å². The number of hydrogen-bond acceptors (Lipinski definition) is 3. The average Bonchev–Trinajstić information content (AvgIpc) is 2.32. The molecule has 1 fully saturated rings. The van der Waals surface area contributed by atoms with Crippen molar-refractivity contribution < 1.29 is 14.1 Å². The van der Waals surface area contributed by atoms with Crippen molar-refractivity contribution in [3.8, 4) is 0 Å². The number of rotatable bonds is 3. The van der Waals surface area contributed by atoms with Gasteiger partial charge in [-0.05, 0) is 24.5 Å². The average molecular weight is 274 g/mol. The predicted octanol–water partition coefficient (Wildman–Crippen LogP) is 2.92. The van der Waals surface area contributed by atoms with Crippen molar-refractivity contribution in [2.24, 2.45) is 5.92 Å². The zero-order valence-electron chi connectivity index (χ0n) is 9.64. The SMILES string of the molecule is O=[N+]([O-])c1ccc(CC2COCCC2Cl)cc1F. The Morgan fingerprint density at radius 1 is 1.56 bits per heavy atom. The van der Waals surface area contributed by atoms with Crippen LogP contribution in [-0.2, 0) is 11.2 Å². The molecular formula is C12H13ClFNO3. The summed E-state index contributed by atoms with van der Waals surface area (Å²) in [6, 6.07) is 3.97. The number of alkyl halides is 1. The summed E-state index contributed by atoms with van der Waals surface area (Å²) < 4.78 is 18.8. The van der Waals surface area contributed by atoms with Crippen LogP contribution in [0.3, 0.4) is 0 Å². The molecule has 2 unspecified atom stereocenters. The van der Waals surface area contributed by atoms with Crippen molar-refractivity contribution in [3.05, 3.63) is 39.7 Å². The second kappa shape index (κ2) is 5.63. The van der Waals surface area contributed by atoms with Crippen molar-refractivity contribution in [1.82, 2.24) is 0 Å². The second-order valence-corrected chi connectivity index (χ2v) is 4.95. The van der Waals surface area contributed by atoms with Gasteiger partial charge in [-0.3, -0.25) is 10.1 Å². The molecule has 18 heavy (non-hydrogen) atoms. The molecule has 1 aromatic carbocycles. The van der Waals surface area contributed by atoms with Crippen LogP contribution in [0.15, 0.2) is 18.2 Å². The fraction of sp³-hybridized carbons (Fsp3) is 0.500. The van der Waals surface area contributed by atoms with Gasteiger partial charge in [0.2, 0.25) is 5.82 Å². The van der Waals surface area contributed by atoms with Crippen LogP contribution in [0.25, 0.3) is 0 Å². The molecule has 0 radical (unpaired) electrons. The lowest BCUT2D eigenvalue weighted by atomic mass is 9.93. The van der Waals surface area contributed by atoms with E-state index in [0.29, 0.717) is 25.2 Å². The van der Waals surface area contributed by atoms with Crippen LogP contribution in [0, 0.1) is 21.8 Å². The first-order valence-electron chi connectivity index (χ1n) is 5.72. The molecule has 98 valence electrons. The minimum absolute atomic E-state index is 0.0111. The molecule has 0 spiro atoms. The first-order chi connectivity index (χ1) is 8.58. The molecule has 1 heterocycles. The van der Waals surface area contributed by atoms with Gasteiger partial charge >= 0.3 is 5.69 Å². The topological polar surface area (TPSA) is 52.4 Å². The first-order valence-corrected chi connectivity index (χ1v) is 6.16. The maximum Gasteiger partial charge on any atom is 0.304 e. The van der Waals surface area contributed by atoms with E-state index in [1.165, 1.54) is 12.1 Å². The third-order valence-electron chi connectivity index (χ3n) is 3.09. The molecular weight excluding hydrogens is 261 g/mol. The number of nitro benzene ring substituents is 1. The van der Waals surface area contributed by atoms with Crippen molar-refractivity contribution in [1.29, 1.82) is 0 Å². The number of halogens is 2. The van der Waals surface area contributed by atoms with E-state index in [-0.39, 0.29) is 11.3 Å². The standard InChI is InChI=1S/C12H13ClFNO3/c13-10-3-4-18-7-9(10)5-8-1-2-12(15(16)17)11(14)6-8/h1-2,6,9-10H,3-5,7H2. The number of hydrogen-bond donors (Lipinski definition) is 0. The highest BCUT2D eigenvalue weighted by Gasteiger charge is 2.24. The number of ether oxygens (including phenoxy) is 1. The third kappa shape index (κ3) is 2.97. The molecule has 6 heteroatoms. The van der Waals surface area contributed by atoms with Crippen LogP contribution in [0.4, 0.5) is 10.1 Å². The van der Waals surface area contributed by atoms with Crippen LogP contribution in [0.1, 0.15) is 12.0 Å². The van der Waals surface area contributed by atoms with E-state index in [0.717, 1.165) is 6.42 Å². The van der Waals surface area contributed by atoms with Gasteiger partial charge in [-0.25, -0.2) is 0 Å². The smallest absolute Gasteiger partial charge is 0.304 e. The number of nitro groups is 1. The minimum Gasteiger partial charge on any atom is -0.381 e. The zero-order valence-corrected chi connectivity index (χ0v) is 10.4. The molecule has 0 saturated carbocycles. The summed E-state index contributed by atoms with van der Waals surface area (Å²) in [7, 11) is 0. The van der Waals surface area contributed by atoms with E-state index >= 15 is 0 Å². The summed E-state index contributed by atoms with van der Waals surface area (Å²) in [6.45, 7) is 1.20. The van der Waals surface area contributed by atoms with E-state index < -0.39 is 16.4 Å². The highest BCUT2D eigenvalue weighted by Crippen LogP contribution is 2.26. The molecule has 1 aromatic rings. The molecule has 4 nitrogen and oxygen atoms in total. The maximum atomic E-state index is 13.4. The predicted molar refractivity (Wildman–Crippen MR) is 65.3 cm³/mol. The van der Waals surface area contributed by atoms with E-state index in [4.69, 9.17) is 16.3 Å². The largest absolute Gasteiger partial charge is 0.381 e. The summed E-state index contributed by atoms with van der Waals surface area (Å²) >= 11 is 6.17. The van der Waals surface area contributed by atoms with Crippen molar-refractivity contribution >= 4 is 17.3 Å². The van der Waals surface area contributed by atoms with E-state index in [9.17, 15) is 14.5 Å². The van der Waals surface area contributed by atoms with E-state index in [2.05, 4.69) is 0 Å². The molecule has 1 aliphatic rings. The minimum atomic E-state index is -0.805. The van der Waals surface area contributed by atoms with E-state index in [1.807, 2.05) is 0 Å². The highest BCUT2D eigenvalue weighted by atomic mass is 35.5. The van der Waals surface area contributed by atoms with E-state index in [1.54, 1.807) is 6.07 Å². The Balaban J connectivity index is 2.10. The normalized spacial score (nSPS) is 23.9. The fourth-order valence-electron chi connectivity index (χ4n) is 2.09. The van der Waals surface area contributed by atoms with Gasteiger partial charge in [0.1, 0.15) is 0 Å². The quantitative estimate of drug-likeness (QED) is 0.483. The number of nitrogens with zero attached hydrogens (tertiary/aromatic N) is 1. The summed E-state index contributed by atoms with van der Waals surface area (Å²) in [4.78, 5) is 9.77. The van der Waals surface area contributed by atoms with Gasteiger partial charge in [0.05, 0.1) is 11.5 Å². The van der Waals surface area contributed by atoms with Gasteiger partial charge in [0, 0.05) is 24.0 Å². The lowest BCUT2D eigenvalue weighted by Gasteiger charge is -2.27. The zero-order chi connectivity index (χ0) is 13.1. The van der Waals surface area contributed by atoms with Gasteiger partial charge in [-0.1, -0.05) is 6.07 Å². The molecule has 1 saturated heterocycles. The Morgan fingerprint density at radius 3 is 2.94 bits per heavy atom. The van der Waals surface area contributed by atoms with Gasteiger partial charge < -0.3 is 4.74 Å². The van der Waals surface area contributed by atoms with Crippen LogP contribution >= 0.6 is 11.6 Å². The van der Waals surface area contributed by atoms with Gasteiger partial charge in [-0.2, -0.15) is 4.39 Å². The fourth-order valence-corrected chi connectivity index (χ4v) is 2.34. The van der Waals surface area contributed by atoms with Crippen molar-refractivity contribution in [2.45, 2.75) is 18.2 Å². The Bertz CT molecular complexity index is 455. The first kappa shape index (κ1) is 13.2. The monoisotopic (exact) mass is 273 g/mol. The molecule has 0 N–H and O–H groups in total.